The van der Waals surface area contributed by atoms with Crippen LogP contribution in [0.15, 0.2) is 29.2 Å². The second-order valence-electron chi connectivity index (χ2n) is 7.41. The fourth-order valence-electron chi connectivity index (χ4n) is 4.39. The summed E-state index contributed by atoms with van der Waals surface area (Å²) in [6.07, 6.45) is 4.98. The van der Waals surface area contributed by atoms with Gasteiger partial charge in [-0.05, 0) is 68.2 Å². The Balaban J connectivity index is 1.57. The summed E-state index contributed by atoms with van der Waals surface area (Å²) in [4.78, 5) is 12.3. The van der Waals surface area contributed by atoms with Gasteiger partial charge in [-0.1, -0.05) is 6.42 Å². The molecule has 2 saturated carbocycles. The van der Waals surface area contributed by atoms with Crippen molar-refractivity contribution in [2.24, 2.45) is 17.8 Å². The third-order valence-electron chi connectivity index (χ3n) is 5.71. The van der Waals surface area contributed by atoms with Crippen molar-refractivity contribution in [1.82, 2.24) is 9.62 Å². The lowest BCUT2D eigenvalue weighted by molar-refractivity contribution is -0.122. The zero-order chi connectivity index (χ0) is 18.2. The lowest BCUT2D eigenvalue weighted by Crippen LogP contribution is -2.45. The lowest BCUT2D eigenvalue weighted by atomic mass is 9.84. The molecule has 2 aliphatic rings. The molecule has 2 bridgehead atoms. The average molecular weight is 368 g/mol. The molecule has 1 aromatic rings. The third kappa shape index (κ3) is 3.87. The number of hydrogen-bond acceptors (Lipinski definition) is 3. The summed E-state index contributed by atoms with van der Waals surface area (Å²) in [6.45, 7) is 1.77. The van der Waals surface area contributed by atoms with Gasteiger partial charge < -0.3 is 5.32 Å². The minimum atomic E-state index is -3.81. The monoisotopic (exact) mass is 368 g/mol. The molecular formula is C18H25FN2O3S. The summed E-state index contributed by atoms with van der Waals surface area (Å²) >= 11 is 0. The Morgan fingerprint density at radius 3 is 2.52 bits per heavy atom. The highest BCUT2D eigenvalue weighted by molar-refractivity contribution is 7.89. The van der Waals surface area contributed by atoms with Crippen LogP contribution in [0.5, 0.6) is 0 Å². The van der Waals surface area contributed by atoms with Crippen molar-refractivity contribution in [3.05, 3.63) is 30.1 Å². The summed E-state index contributed by atoms with van der Waals surface area (Å²) in [6, 6.07) is 4.66. The Bertz CT molecular complexity index is 735. The minimum Gasteiger partial charge on any atom is -0.352 e. The average Bonchev–Trinajstić information content (AvgIpc) is 3.18. The first-order valence-electron chi connectivity index (χ1n) is 8.78. The summed E-state index contributed by atoms with van der Waals surface area (Å²) in [5, 5.41) is 2.97. The zero-order valence-corrected chi connectivity index (χ0v) is 15.4. The molecule has 0 radical (unpaired) electrons. The maximum absolute atomic E-state index is 13.0. The molecule has 1 N–H and O–H groups in total. The maximum atomic E-state index is 13.0. The molecule has 138 valence electrons. The number of carbonyl (C=O) groups is 1. The standard InChI is InChI=1S/C18H25FN2O3S/c1-12(17-10-13-3-4-14(17)9-13)20-18(22)11-21(2)25(23,24)16-7-5-15(19)6-8-16/h5-8,12-14,17H,3-4,9-11H2,1-2H3,(H,20,22)/t12-,13-,14-,17+/m0/s1. The molecule has 5 nitrogen and oxygen atoms in total. The maximum Gasteiger partial charge on any atom is 0.243 e. The summed E-state index contributed by atoms with van der Waals surface area (Å²) in [5.41, 5.74) is 0. The number of halogens is 1. The predicted molar refractivity (Wildman–Crippen MR) is 92.8 cm³/mol. The predicted octanol–water partition coefficient (Wildman–Crippen LogP) is 2.39. The third-order valence-corrected chi connectivity index (χ3v) is 7.53. The number of likely N-dealkylation sites (N-methyl/N-ethyl adjacent to an activating group) is 1. The summed E-state index contributed by atoms with van der Waals surface area (Å²) < 4.78 is 38.9. The molecule has 1 amide bonds. The molecule has 2 aliphatic carbocycles. The van der Waals surface area contributed by atoms with Crippen LogP contribution in [0.1, 0.15) is 32.6 Å². The highest BCUT2D eigenvalue weighted by Gasteiger charge is 2.42. The van der Waals surface area contributed by atoms with E-state index in [1.54, 1.807) is 0 Å². The number of hydrogen-bond donors (Lipinski definition) is 1. The van der Waals surface area contributed by atoms with Crippen molar-refractivity contribution in [2.75, 3.05) is 13.6 Å². The van der Waals surface area contributed by atoms with Crippen molar-refractivity contribution in [2.45, 2.75) is 43.5 Å². The van der Waals surface area contributed by atoms with Crippen LogP contribution in [-0.2, 0) is 14.8 Å². The first-order valence-corrected chi connectivity index (χ1v) is 10.2. The normalized spacial score (nSPS) is 26.8. The Labute approximate surface area is 148 Å². The van der Waals surface area contributed by atoms with E-state index in [0.29, 0.717) is 11.8 Å². The minimum absolute atomic E-state index is 0.0228. The SMILES string of the molecule is C[C@H](NC(=O)CN(C)S(=O)(=O)c1ccc(F)cc1)[C@H]1C[C@H]2CC[C@H]1C2. The van der Waals surface area contributed by atoms with Crippen LogP contribution < -0.4 is 5.32 Å². The molecule has 4 atom stereocenters. The van der Waals surface area contributed by atoms with E-state index in [1.807, 2.05) is 6.92 Å². The van der Waals surface area contributed by atoms with E-state index in [0.717, 1.165) is 28.8 Å². The van der Waals surface area contributed by atoms with Gasteiger partial charge in [0.25, 0.3) is 0 Å². The number of nitrogens with one attached hydrogen (secondary N) is 1. The van der Waals surface area contributed by atoms with Crippen molar-refractivity contribution < 1.29 is 17.6 Å². The molecule has 25 heavy (non-hydrogen) atoms. The summed E-state index contributed by atoms with van der Waals surface area (Å²) in [5.74, 6) is 1.20. The fourth-order valence-corrected chi connectivity index (χ4v) is 5.51. The van der Waals surface area contributed by atoms with Crippen LogP contribution in [0.25, 0.3) is 0 Å². The zero-order valence-electron chi connectivity index (χ0n) is 14.6. The molecule has 0 aliphatic heterocycles. The Morgan fingerprint density at radius 1 is 1.28 bits per heavy atom. The molecule has 0 spiro atoms. The molecular weight excluding hydrogens is 343 g/mol. The molecule has 0 aromatic heterocycles. The van der Waals surface area contributed by atoms with Crippen molar-refractivity contribution in [1.29, 1.82) is 0 Å². The van der Waals surface area contributed by atoms with E-state index in [-0.39, 0.29) is 23.4 Å². The van der Waals surface area contributed by atoms with Gasteiger partial charge in [0.15, 0.2) is 0 Å². The lowest BCUT2D eigenvalue weighted by Gasteiger charge is -2.29. The van der Waals surface area contributed by atoms with Crippen LogP contribution in [-0.4, -0.2) is 38.3 Å². The number of sulfonamides is 1. The van der Waals surface area contributed by atoms with Gasteiger partial charge in [-0.15, -0.1) is 0 Å². The number of benzene rings is 1. The van der Waals surface area contributed by atoms with Crippen LogP contribution in [0.3, 0.4) is 0 Å². The molecule has 0 heterocycles. The molecule has 0 unspecified atom stereocenters. The van der Waals surface area contributed by atoms with E-state index in [4.69, 9.17) is 0 Å². The molecule has 0 saturated heterocycles. The highest BCUT2D eigenvalue weighted by Crippen LogP contribution is 2.49. The summed E-state index contributed by atoms with van der Waals surface area (Å²) in [7, 11) is -2.45. The number of fused-ring (bicyclic) bond motifs is 2. The van der Waals surface area contributed by atoms with Crippen LogP contribution >= 0.6 is 0 Å². The fraction of sp³-hybridized carbons (Fsp3) is 0.611. The van der Waals surface area contributed by atoms with Gasteiger partial charge in [0, 0.05) is 13.1 Å². The number of rotatable bonds is 6. The van der Waals surface area contributed by atoms with Gasteiger partial charge in [-0.2, -0.15) is 4.31 Å². The van der Waals surface area contributed by atoms with Gasteiger partial charge in [-0.3, -0.25) is 4.79 Å². The van der Waals surface area contributed by atoms with Crippen molar-refractivity contribution in [3.8, 4) is 0 Å². The largest absolute Gasteiger partial charge is 0.352 e. The second-order valence-corrected chi connectivity index (χ2v) is 9.45. The van der Waals surface area contributed by atoms with Gasteiger partial charge in [-0.25, -0.2) is 12.8 Å². The van der Waals surface area contributed by atoms with E-state index in [2.05, 4.69) is 5.32 Å². The first-order chi connectivity index (χ1) is 11.8. The van der Waals surface area contributed by atoms with E-state index in [9.17, 15) is 17.6 Å². The van der Waals surface area contributed by atoms with Crippen molar-refractivity contribution in [3.63, 3.8) is 0 Å². The molecule has 7 heteroatoms. The molecule has 2 fully saturated rings. The van der Waals surface area contributed by atoms with Crippen LogP contribution in [0, 0.1) is 23.6 Å². The van der Waals surface area contributed by atoms with Gasteiger partial charge >= 0.3 is 0 Å². The Morgan fingerprint density at radius 2 is 1.96 bits per heavy atom. The molecule has 1 aromatic carbocycles. The molecule has 3 rings (SSSR count). The number of nitrogens with zero attached hydrogens (tertiary/aromatic N) is 1. The topological polar surface area (TPSA) is 66.5 Å². The van der Waals surface area contributed by atoms with E-state index >= 15 is 0 Å². The van der Waals surface area contributed by atoms with E-state index < -0.39 is 15.8 Å². The quantitative estimate of drug-likeness (QED) is 0.838. The van der Waals surface area contributed by atoms with Crippen LogP contribution in [0.4, 0.5) is 4.39 Å². The van der Waals surface area contributed by atoms with Gasteiger partial charge in [0.05, 0.1) is 11.4 Å². The van der Waals surface area contributed by atoms with Gasteiger partial charge in [0.1, 0.15) is 5.82 Å². The second kappa shape index (κ2) is 7.03. The Hall–Kier alpha value is -1.47. The number of amides is 1. The van der Waals surface area contributed by atoms with E-state index in [1.165, 1.54) is 38.4 Å². The smallest absolute Gasteiger partial charge is 0.243 e. The number of carbonyl (C=O) groups excluding carboxylic acids is 1. The van der Waals surface area contributed by atoms with Crippen molar-refractivity contribution >= 4 is 15.9 Å². The van der Waals surface area contributed by atoms with Crippen LogP contribution in [0.2, 0.25) is 0 Å². The first kappa shape index (κ1) is 18.3. The Kier molecular flexibility index (Phi) is 5.16. The highest BCUT2D eigenvalue weighted by atomic mass is 32.2. The van der Waals surface area contributed by atoms with Gasteiger partial charge in [0.2, 0.25) is 15.9 Å².